The van der Waals surface area contributed by atoms with Crippen LogP contribution in [0.15, 0.2) is 22.3 Å². The van der Waals surface area contributed by atoms with Crippen molar-refractivity contribution in [2.45, 2.75) is 0 Å². The molecule has 8 heavy (non-hydrogen) atoms. The van der Waals surface area contributed by atoms with E-state index < -0.39 is 18.4 Å². The standard InChI is InChI=1S/C7H12I/c1-8(2)6-4-3-5-7-8/h3-6H,7H2,1-2H3/q-1. The van der Waals surface area contributed by atoms with Gasteiger partial charge in [-0.25, -0.2) is 0 Å². The van der Waals surface area contributed by atoms with Crippen LogP contribution in [0.5, 0.6) is 0 Å². The molecule has 0 aromatic carbocycles. The fraction of sp³-hybridized carbons (Fsp3) is 0.429. The van der Waals surface area contributed by atoms with Crippen LogP contribution in [0.25, 0.3) is 0 Å². The molecular formula is C7H12I-. The van der Waals surface area contributed by atoms with Crippen LogP contribution in [-0.4, -0.2) is 14.3 Å². The summed E-state index contributed by atoms with van der Waals surface area (Å²) in [7, 11) is 0. The fourth-order valence-electron chi connectivity index (χ4n) is 0.650. The quantitative estimate of drug-likeness (QED) is 0.346. The molecule has 0 spiro atoms. The van der Waals surface area contributed by atoms with Crippen molar-refractivity contribution >= 4 is 0 Å². The molecule has 1 rings (SSSR count). The van der Waals surface area contributed by atoms with E-state index in [4.69, 9.17) is 0 Å². The molecule has 0 amide bonds. The second-order valence-electron chi connectivity index (χ2n) is 2.40. The van der Waals surface area contributed by atoms with Gasteiger partial charge >= 0.3 is 55.0 Å². The summed E-state index contributed by atoms with van der Waals surface area (Å²) in [5, 5.41) is 0. The van der Waals surface area contributed by atoms with Crippen molar-refractivity contribution in [1.82, 2.24) is 0 Å². The molecule has 0 aromatic rings. The predicted octanol–water partition coefficient (Wildman–Crippen LogP) is -1.51. The monoisotopic (exact) mass is 223 g/mol. The molecule has 1 aliphatic heterocycles. The van der Waals surface area contributed by atoms with E-state index in [1.807, 2.05) is 0 Å². The van der Waals surface area contributed by atoms with Crippen LogP contribution in [0.4, 0.5) is 0 Å². The van der Waals surface area contributed by atoms with Crippen molar-refractivity contribution in [2.75, 3.05) is 14.3 Å². The molecule has 0 radical (unpaired) electrons. The SMILES string of the molecule is C[I-]1(C)C=CC=CC1. The number of hydrogen-bond donors (Lipinski definition) is 0. The summed E-state index contributed by atoms with van der Waals surface area (Å²) in [4.78, 5) is 4.85. The number of halogens is 1. The van der Waals surface area contributed by atoms with Gasteiger partial charge in [0.15, 0.2) is 0 Å². The number of rotatable bonds is 0. The second kappa shape index (κ2) is 2.21. The van der Waals surface area contributed by atoms with Crippen molar-refractivity contribution < 1.29 is 18.4 Å². The molecule has 1 heterocycles. The van der Waals surface area contributed by atoms with Gasteiger partial charge in [-0.2, -0.15) is 0 Å². The maximum atomic E-state index is 2.42. The van der Waals surface area contributed by atoms with Crippen molar-refractivity contribution in [3.8, 4) is 0 Å². The van der Waals surface area contributed by atoms with E-state index in [0.717, 1.165) is 0 Å². The molecule has 0 unspecified atom stereocenters. The van der Waals surface area contributed by atoms with Gasteiger partial charge in [-0.05, 0) is 0 Å². The van der Waals surface area contributed by atoms with Crippen molar-refractivity contribution in [3.05, 3.63) is 22.3 Å². The van der Waals surface area contributed by atoms with Crippen LogP contribution in [0.1, 0.15) is 0 Å². The van der Waals surface area contributed by atoms with Gasteiger partial charge in [0.25, 0.3) is 0 Å². The zero-order valence-electron chi connectivity index (χ0n) is 5.39. The first kappa shape index (κ1) is 6.33. The Bertz CT molecular complexity index is 131. The van der Waals surface area contributed by atoms with E-state index in [1.54, 1.807) is 0 Å². The van der Waals surface area contributed by atoms with E-state index in [-0.39, 0.29) is 0 Å². The molecule has 1 aliphatic rings. The van der Waals surface area contributed by atoms with Crippen LogP contribution >= 0.6 is 0 Å². The molecule has 0 fully saturated rings. The van der Waals surface area contributed by atoms with Gasteiger partial charge in [0.05, 0.1) is 0 Å². The molecule has 0 bridgehead atoms. The predicted molar refractivity (Wildman–Crippen MR) is 35.0 cm³/mol. The van der Waals surface area contributed by atoms with Crippen LogP contribution < -0.4 is 18.4 Å². The van der Waals surface area contributed by atoms with E-state index >= 15 is 0 Å². The first-order valence-electron chi connectivity index (χ1n) is 2.65. The van der Waals surface area contributed by atoms with Gasteiger partial charge in [-0.3, -0.25) is 0 Å². The van der Waals surface area contributed by atoms with Crippen molar-refractivity contribution in [2.24, 2.45) is 0 Å². The molecule has 0 nitrogen and oxygen atoms in total. The van der Waals surface area contributed by atoms with Crippen LogP contribution in [0.2, 0.25) is 0 Å². The molecule has 1 heteroatoms. The van der Waals surface area contributed by atoms with Crippen molar-refractivity contribution in [3.63, 3.8) is 0 Å². The number of hydrogen-bond acceptors (Lipinski definition) is 0. The summed E-state index contributed by atoms with van der Waals surface area (Å²) in [6.45, 7) is 0. The van der Waals surface area contributed by atoms with Gasteiger partial charge in [-0.15, -0.1) is 0 Å². The Morgan fingerprint density at radius 3 is 2.25 bits per heavy atom. The minimum absolute atomic E-state index is 1.23. The van der Waals surface area contributed by atoms with E-state index in [9.17, 15) is 0 Å². The van der Waals surface area contributed by atoms with Gasteiger partial charge in [0.1, 0.15) is 0 Å². The number of alkyl halides is 3. The molecule has 0 saturated heterocycles. The molecule has 0 aliphatic carbocycles. The van der Waals surface area contributed by atoms with Crippen molar-refractivity contribution in [1.29, 1.82) is 0 Å². The summed E-state index contributed by atoms with van der Waals surface area (Å²) in [5.74, 6) is 0. The first-order valence-corrected chi connectivity index (χ1v) is 9.74. The normalized spacial score (nSPS) is 27.8. The van der Waals surface area contributed by atoms with Crippen LogP contribution in [0.3, 0.4) is 0 Å². The summed E-state index contributed by atoms with van der Waals surface area (Å²) in [6, 6.07) is 0. The Hall–Kier alpha value is 0.210. The van der Waals surface area contributed by atoms with E-state index in [1.165, 1.54) is 4.43 Å². The first-order chi connectivity index (χ1) is 3.71. The van der Waals surface area contributed by atoms with Crippen LogP contribution in [0, 0.1) is 0 Å². The third kappa shape index (κ3) is 1.62. The van der Waals surface area contributed by atoms with Gasteiger partial charge in [-0.1, -0.05) is 0 Å². The van der Waals surface area contributed by atoms with Gasteiger partial charge in [0.2, 0.25) is 0 Å². The topological polar surface area (TPSA) is 0 Å². The van der Waals surface area contributed by atoms with Gasteiger partial charge < -0.3 is 0 Å². The molecule has 0 atom stereocenters. The summed E-state index contributed by atoms with van der Waals surface area (Å²) < 4.78 is 3.79. The fourth-order valence-corrected chi connectivity index (χ4v) is 3.91. The Balaban J connectivity index is 2.65. The molecule has 0 saturated carbocycles. The van der Waals surface area contributed by atoms with E-state index in [2.05, 4.69) is 32.2 Å². The Morgan fingerprint density at radius 2 is 2.00 bits per heavy atom. The average Bonchev–Trinajstić information content (AvgIpc) is 1.65. The number of allylic oxidation sites excluding steroid dienone is 3. The Kier molecular flexibility index (Phi) is 1.75. The molecule has 0 N–H and O–H groups in total. The molecule has 0 aromatic heterocycles. The summed E-state index contributed by atoms with van der Waals surface area (Å²) in [5.41, 5.74) is 0. The molecular weight excluding hydrogens is 211 g/mol. The van der Waals surface area contributed by atoms with Gasteiger partial charge in [0, 0.05) is 0 Å². The summed E-state index contributed by atoms with van der Waals surface area (Å²) >= 11 is -1.23. The van der Waals surface area contributed by atoms with Crippen LogP contribution in [-0.2, 0) is 0 Å². The Labute approximate surface area is 55.2 Å². The minimum atomic E-state index is -1.23. The second-order valence-corrected chi connectivity index (χ2v) is 12.6. The zero-order valence-corrected chi connectivity index (χ0v) is 7.55. The summed E-state index contributed by atoms with van der Waals surface area (Å²) in [6.07, 6.45) is 6.63. The third-order valence-corrected chi connectivity index (χ3v) is 6.29. The van der Waals surface area contributed by atoms with E-state index in [0.29, 0.717) is 0 Å². The Morgan fingerprint density at radius 1 is 1.25 bits per heavy atom. The third-order valence-electron chi connectivity index (χ3n) is 1.15. The zero-order chi connectivity index (χ0) is 6.04. The molecule has 48 valence electrons. The maximum absolute atomic E-state index is 2.42. The average molecular weight is 223 g/mol.